The normalized spacial score (nSPS) is 22.1. The molecule has 0 spiro atoms. The number of likely N-dealkylation sites (tertiary alicyclic amines) is 1. The molecule has 1 aromatic carbocycles. The van der Waals surface area contributed by atoms with Crippen molar-refractivity contribution >= 4 is 5.91 Å². The largest absolute Gasteiger partial charge is 0.496 e. The van der Waals surface area contributed by atoms with Gasteiger partial charge < -0.3 is 24.8 Å². The fraction of sp³-hybridized carbons (Fsp3) is 0.533. The van der Waals surface area contributed by atoms with Crippen molar-refractivity contribution in [3.63, 3.8) is 0 Å². The monoisotopic (exact) mass is 294 g/mol. The summed E-state index contributed by atoms with van der Waals surface area (Å²) in [5, 5.41) is 0. The Bertz CT molecular complexity index is 533. The maximum Gasteiger partial charge on any atom is 0.222 e. The Morgan fingerprint density at radius 1 is 1.10 bits per heavy atom. The number of methoxy groups -OCH3 is 3. The van der Waals surface area contributed by atoms with E-state index in [1.807, 2.05) is 6.07 Å². The summed E-state index contributed by atoms with van der Waals surface area (Å²) >= 11 is 0. The van der Waals surface area contributed by atoms with Gasteiger partial charge in [0.25, 0.3) is 0 Å². The summed E-state index contributed by atoms with van der Waals surface area (Å²) in [5.41, 5.74) is 7.06. The molecule has 1 fully saturated rings. The lowest BCUT2D eigenvalue weighted by Gasteiger charge is -2.38. The van der Waals surface area contributed by atoms with E-state index < -0.39 is 0 Å². The highest BCUT2D eigenvalue weighted by Crippen LogP contribution is 2.41. The lowest BCUT2D eigenvalue weighted by molar-refractivity contribution is -0.135. The first-order valence-corrected chi connectivity index (χ1v) is 6.84. The van der Waals surface area contributed by atoms with E-state index >= 15 is 0 Å². The van der Waals surface area contributed by atoms with E-state index in [0.29, 0.717) is 30.1 Å². The number of hydrogen-bond acceptors (Lipinski definition) is 5. The first-order chi connectivity index (χ1) is 10.0. The fourth-order valence-corrected chi connectivity index (χ4v) is 2.79. The molecule has 1 aromatic rings. The summed E-state index contributed by atoms with van der Waals surface area (Å²) in [4.78, 5) is 13.7. The number of carbonyl (C=O) groups excluding carboxylic acids is 1. The topological polar surface area (TPSA) is 74.0 Å². The van der Waals surface area contributed by atoms with Gasteiger partial charge in [-0.05, 0) is 12.5 Å². The Morgan fingerprint density at radius 2 is 1.67 bits per heavy atom. The number of amides is 1. The number of piperidine rings is 1. The standard InChI is InChI=1S/C15H22N2O4/c1-17-14(18)6-5-10(16)15(17)9-7-12(20-3)13(21-4)8-11(9)19-2/h7-8,10,15H,5-6,16H2,1-4H3. The highest BCUT2D eigenvalue weighted by Gasteiger charge is 2.35. The molecule has 6 heteroatoms. The lowest BCUT2D eigenvalue weighted by atomic mass is 9.90. The first-order valence-electron chi connectivity index (χ1n) is 6.84. The second-order valence-corrected chi connectivity index (χ2v) is 5.10. The summed E-state index contributed by atoms with van der Waals surface area (Å²) in [6.45, 7) is 0. The highest BCUT2D eigenvalue weighted by molar-refractivity contribution is 5.78. The molecule has 21 heavy (non-hydrogen) atoms. The van der Waals surface area contributed by atoms with Crippen LogP contribution in [0, 0.1) is 0 Å². The molecule has 0 aromatic heterocycles. The van der Waals surface area contributed by atoms with E-state index in [2.05, 4.69) is 0 Å². The van der Waals surface area contributed by atoms with Crippen molar-refractivity contribution in [3.8, 4) is 17.2 Å². The minimum absolute atomic E-state index is 0.0820. The van der Waals surface area contributed by atoms with Crippen LogP contribution in [0.4, 0.5) is 0 Å². The van der Waals surface area contributed by atoms with Crippen molar-refractivity contribution < 1.29 is 19.0 Å². The maximum absolute atomic E-state index is 12.0. The van der Waals surface area contributed by atoms with Crippen molar-refractivity contribution in [2.75, 3.05) is 28.4 Å². The molecule has 6 nitrogen and oxygen atoms in total. The Morgan fingerprint density at radius 3 is 2.24 bits per heavy atom. The number of rotatable bonds is 4. The molecule has 2 rings (SSSR count). The molecule has 116 valence electrons. The average Bonchev–Trinajstić information content (AvgIpc) is 2.50. The van der Waals surface area contributed by atoms with Gasteiger partial charge in [0.2, 0.25) is 5.91 Å². The third-order valence-electron chi connectivity index (χ3n) is 3.96. The Hall–Kier alpha value is -1.95. The Balaban J connectivity index is 2.52. The summed E-state index contributed by atoms with van der Waals surface area (Å²) < 4.78 is 16.1. The molecular weight excluding hydrogens is 272 g/mol. The van der Waals surface area contributed by atoms with Crippen molar-refractivity contribution in [2.45, 2.75) is 24.9 Å². The smallest absolute Gasteiger partial charge is 0.222 e. The highest BCUT2D eigenvalue weighted by atomic mass is 16.5. The number of likely N-dealkylation sites (N-methyl/N-ethyl adjacent to an activating group) is 1. The van der Waals surface area contributed by atoms with Gasteiger partial charge in [-0.1, -0.05) is 0 Å². The molecule has 1 aliphatic rings. The minimum atomic E-state index is -0.235. The van der Waals surface area contributed by atoms with Crippen LogP contribution >= 0.6 is 0 Å². The SMILES string of the molecule is COc1cc(OC)c(C2C(N)CCC(=O)N2C)cc1OC. The number of benzene rings is 1. The summed E-state index contributed by atoms with van der Waals surface area (Å²) in [7, 11) is 6.49. The molecule has 0 aliphatic carbocycles. The van der Waals surface area contributed by atoms with Crippen LogP contribution in [-0.4, -0.2) is 45.2 Å². The molecule has 1 amide bonds. The molecule has 0 bridgehead atoms. The van der Waals surface area contributed by atoms with Crippen LogP contribution < -0.4 is 19.9 Å². The van der Waals surface area contributed by atoms with Crippen LogP contribution in [-0.2, 0) is 4.79 Å². The van der Waals surface area contributed by atoms with E-state index in [-0.39, 0.29) is 18.0 Å². The number of hydrogen-bond donors (Lipinski definition) is 1. The molecule has 1 aliphatic heterocycles. The van der Waals surface area contributed by atoms with E-state index in [0.717, 1.165) is 5.56 Å². The van der Waals surface area contributed by atoms with Gasteiger partial charge in [0, 0.05) is 31.1 Å². The number of nitrogens with zero attached hydrogens (tertiary/aromatic N) is 1. The summed E-state index contributed by atoms with van der Waals surface area (Å²) in [6, 6.07) is 3.21. The van der Waals surface area contributed by atoms with Crippen LogP contribution in [0.2, 0.25) is 0 Å². The molecule has 2 unspecified atom stereocenters. The molecule has 2 atom stereocenters. The van der Waals surface area contributed by atoms with Crippen molar-refractivity contribution in [3.05, 3.63) is 17.7 Å². The molecular formula is C15H22N2O4. The van der Waals surface area contributed by atoms with E-state index in [1.165, 1.54) is 0 Å². The van der Waals surface area contributed by atoms with E-state index in [1.54, 1.807) is 39.3 Å². The van der Waals surface area contributed by atoms with Crippen LogP contribution in [0.15, 0.2) is 12.1 Å². The van der Waals surface area contributed by atoms with Gasteiger partial charge in [-0.15, -0.1) is 0 Å². The predicted octanol–water partition coefficient (Wildman–Crippen LogP) is 1.33. The summed E-state index contributed by atoms with van der Waals surface area (Å²) in [5.74, 6) is 1.89. The van der Waals surface area contributed by atoms with Crippen LogP contribution in [0.25, 0.3) is 0 Å². The van der Waals surface area contributed by atoms with Crippen LogP contribution in [0.3, 0.4) is 0 Å². The van der Waals surface area contributed by atoms with Gasteiger partial charge in [0.05, 0.1) is 27.4 Å². The summed E-state index contributed by atoms with van der Waals surface area (Å²) in [6.07, 6.45) is 1.13. The number of carbonyl (C=O) groups is 1. The van der Waals surface area contributed by atoms with Gasteiger partial charge in [-0.3, -0.25) is 4.79 Å². The zero-order valence-electron chi connectivity index (χ0n) is 12.9. The minimum Gasteiger partial charge on any atom is -0.496 e. The van der Waals surface area contributed by atoms with Crippen molar-refractivity contribution in [1.82, 2.24) is 4.90 Å². The quantitative estimate of drug-likeness (QED) is 0.907. The Labute approximate surface area is 124 Å². The second-order valence-electron chi connectivity index (χ2n) is 5.10. The number of nitrogens with two attached hydrogens (primary N) is 1. The average molecular weight is 294 g/mol. The maximum atomic E-state index is 12.0. The predicted molar refractivity (Wildman–Crippen MR) is 78.8 cm³/mol. The van der Waals surface area contributed by atoms with Crippen molar-refractivity contribution in [2.24, 2.45) is 5.73 Å². The third kappa shape index (κ3) is 2.76. The number of ether oxygens (including phenoxy) is 3. The molecule has 2 N–H and O–H groups in total. The molecule has 1 heterocycles. The van der Waals surface area contributed by atoms with E-state index in [9.17, 15) is 4.79 Å². The van der Waals surface area contributed by atoms with Gasteiger partial charge in [0.1, 0.15) is 5.75 Å². The zero-order valence-corrected chi connectivity index (χ0v) is 12.9. The van der Waals surface area contributed by atoms with E-state index in [4.69, 9.17) is 19.9 Å². The van der Waals surface area contributed by atoms with Crippen LogP contribution in [0.5, 0.6) is 17.2 Å². The zero-order chi connectivity index (χ0) is 15.6. The fourth-order valence-electron chi connectivity index (χ4n) is 2.79. The van der Waals surface area contributed by atoms with Gasteiger partial charge in [0.15, 0.2) is 11.5 Å². The molecule has 0 saturated carbocycles. The molecule has 1 saturated heterocycles. The van der Waals surface area contributed by atoms with Gasteiger partial charge in [-0.25, -0.2) is 0 Å². The van der Waals surface area contributed by atoms with Crippen LogP contribution in [0.1, 0.15) is 24.4 Å². The van der Waals surface area contributed by atoms with Crippen molar-refractivity contribution in [1.29, 1.82) is 0 Å². The molecule has 0 radical (unpaired) electrons. The Kier molecular flexibility index (Phi) is 4.57. The van der Waals surface area contributed by atoms with Gasteiger partial charge >= 0.3 is 0 Å². The van der Waals surface area contributed by atoms with Gasteiger partial charge in [-0.2, -0.15) is 0 Å². The third-order valence-corrected chi connectivity index (χ3v) is 3.96. The second kappa shape index (κ2) is 6.22. The lowest BCUT2D eigenvalue weighted by Crippen LogP contribution is -2.46. The first kappa shape index (κ1) is 15.4.